The zero-order valence-corrected chi connectivity index (χ0v) is 8.24. The smallest absolute Gasteiger partial charge is 0.246 e. The molecule has 1 aliphatic rings. The number of rotatable bonds is 5. The van der Waals surface area contributed by atoms with Crippen molar-refractivity contribution in [1.29, 1.82) is 0 Å². The van der Waals surface area contributed by atoms with Gasteiger partial charge in [0.2, 0.25) is 11.8 Å². The van der Waals surface area contributed by atoms with Gasteiger partial charge < -0.3 is 11.5 Å². The van der Waals surface area contributed by atoms with E-state index < -0.39 is 6.04 Å². The first-order valence-electron chi connectivity index (χ1n) is 4.96. The Balaban J connectivity index is 2.30. The molecule has 0 radical (unpaired) electrons. The molecule has 0 aromatic heterocycles. The summed E-state index contributed by atoms with van der Waals surface area (Å²) in [6.45, 7) is 1.15. The summed E-state index contributed by atoms with van der Waals surface area (Å²) >= 11 is 0. The summed E-state index contributed by atoms with van der Waals surface area (Å²) in [7, 11) is 0. The number of carbonyl (C=O) groups is 2. The van der Waals surface area contributed by atoms with Crippen LogP contribution in [0.1, 0.15) is 25.7 Å². The molecule has 0 unspecified atom stereocenters. The molecule has 0 saturated carbocycles. The van der Waals surface area contributed by atoms with E-state index in [9.17, 15) is 9.59 Å². The molecule has 5 heteroatoms. The van der Waals surface area contributed by atoms with Gasteiger partial charge in [-0.1, -0.05) is 6.42 Å². The van der Waals surface area contributed by atoms with E-state index in [1.807, 2.05) is 0 Å². The van der Waals surface area contributed by atoms with E-state index >= 15 is 0 Å². The lowest BCUT2D eigenvalue weighted by atomic mass is 10.2. The summed E-state index contributed by atoms with van der Waals surface area (Å²) in [6.07, 6.45) is 2.86. The molecule has 5 nitrogen and oxygen atoms in total. The monoisotopic (exact) mass is 199 g/mol. The highest BCUT2D eigenvalue weighted by Gasteiger charge is 2.35. The van der Waals surface area contributed by atoms with Gasteiger partial charge in [-0.05, 0) is 19.4 Å². The quantitative estimate of drug-likeness (QED) is 0.448. The van der Waals surface area contributed by atoms with Crippen LogP contribution in [-0.2, 0) is 9.59 Å². The lowest BCUT2D eigenvalue weighted by Crippen LogP contribution is -2.35. The van der Waals surface area contributed by atoms with Crippen LogP contribution in [0.4, 0.5) is 0 Å². The Labute approximate surface area is 83.4 Å². The second-order valence-electron chi connectivity index (χ2n) is 3.54. The van der Waals surface area contributed by atoms with Crippen molar-refractivity contribution in [3.05, 3.63) is 0 Å². The number of nitrogens with zero attached hydrogens (tertiary/aromatic N) is 1. The van der Waals surface area contributed by atoms with Crippen molar-refractivity contribution < 1.29 is 9.59 Å². The van der Waals surface area contributed by atoms with E-state index in [0.29, 0.717) is 13.1 Å². The first-order chi connectivity index (χ1) is 6.66. The van der Waals surface area contributed by atoms with Crippen LogP contribution in [0.3, 0.4) is 0 Å². The Morgan fingerprint density at radius 1 is 1.29 bits per heavy atom. The molecule has 0 aromatic rings. The lowest BCUT2D eigenvalue weighted by Gasteiger charge is -2.13. The van der Waals surface area contributed by atoms with Crippen LogP contribution in [0.2, 0.25) is 0 Å². The summed E-state index contributed by atoms with van der Waals surface area (Å²) in [5.74, 6) is -0.377. The van der Waals surface area contributed by atoms with Crippen LogP contribution in [0, 0.1) is 0 Å². The van der Waals surface area contributed by atoms with Crippen LogP contribution in [0.15, 0.2) is 0 Å². The van der Waals surface area contributed by atoms with E-state index in [1.165, 1.54) is 4.90 Å². The number of amides is 2. The largest absolute Gasteiger partial charge is 0.330 e. The standard InChI is InChI=1S/C9H17N3O2/c10-4-2-1-3-5-12-8(13)6-7(11)9(12)14/h7H,1-6,10-11H2/t7-/m1/s1. The predicted molar refractivity (Wildman–Crippen MR) is 52.2 cm³/mol. The molecule has 1 aliphatic heterocycles. The van der Waals surface area contributed by atoms with Gasteiger partial charge in [0.25, 0.3) is 0 Å². The summed E-state index contributed by atoms with van der Waals surface area (Å²) < 4.78 is 0. The normalized spacial score (nSPS) is 22.1. The molecule has 14 heavy (non-hydrogen) atoms. The highest BCUT2D eigenvalue weighted by Crippen LogP contribution is 2.12. The van der Waals surface area contributed by atoms with E-state index in [1.54, 1.807) is 0 Å². The van der Waals surface area contributed by atoms with Crippen LogP contribution in [0.25, 0.3) is 0 Å². The highest BCUT2D eigenvalue weighted by atomic mass is 16.2. The third-order valence-electron chi connectivity index (χ3n) is 2.36. The molecule has 80 valence electrons. The molecule has 0 aliphatic carbocycles. The molecular weight excluding hydrogens is 182 g/mol. The van der Waals surface area contributed by atoms with Gasteiger partial charge in [-0.15, -0.1) is 0 Å². The first kappa shape index (κ1) is 11.1. The fourth-order valence-corrected chi connectivity index (χ4v) is 1.53. The van der Waals surface area contributed by atoms with Crippen molar-refractivity contribution in [2.45, 2.75) is 31.7 Å². The van der Waals surface area contributed by atoms with Gasteiger partial charge in [-0.25, -0.2) is 0 Å². The van der Waals surface area contributed by atoms with Crippen molar-refractivity contribution in [2.75, 3.05) is 13.1 Å². The van der Waals surface area contributed by atoms with Crippen molar-refractivity contribution in [3.8, 4) is 0 Å². The molecular formula is C9H17N3O2. The maximum absolute atomic E-state index is 11.3. The fraction of sp³-hybridized carbons (Fsp3) is 0.778. The van der Waals surface area contributed by atoms with Gasteiger partial charge in [0.15, 0.2) is 0 Å². The van der Waals surface area contributed by atoms with Gasteiger partial charge in [0.05, 0.1) is 12.5 Å². The first-order valence-corrected chi connectivity index (χ1v) is 4.96. The zero-order valence-electron chi connectivity index (χ0n) is 8.24. The van der Waals surface area contributed by atoms with E-state index in [2.05, 4.69) is 0 Å². The lowest BCUT2D eigenvalue weighted by molar-refractivity contribution is -0.138. The van der Waals surface area contributed by atoms with Gasteiger partial charge in [0, 0.05) is 6.54 Å². The Bertz CT molecular complexity index is 230. The molecule has 1 atom stereocenters. The number of likely N-dealkylation sites (tertiary alicyclic amines) is 1. The minimum Gasteiger partial charge on any atom is -0.330 e. The van der Waals surface area contributed by atoms with Crippen molar-refractivity contribution in [2.24, 2.45) is 11.5 Å². The van der Waals surface area contributed by atoms with Crippen LogP contribution in [-0.4, -0.2) is 35.8 Å². The maximum atomic E-state index is 11.3. The summed E-state index contributed by atoms with van der Waals surface area (Å²) in [6, 6.07) is -0.614. The Morgan fingerprint density at radius 2 is 2.00 bits per heavy atom. The van der Waals surface area contributed by atoms with Crippen LogP contribution in [0.5, 0.6) is 0 Å². The average molecular weight is 199 g/mol. The topological polar surface area (TPSA) is 89.4 Å². The number of nitrogens with two attached hydrogens (primary N) is 2. The molecule has 4 N–H and O–H groups in total. The summed E-state index contributed by atoms with van der Waals surface area (Å²) in [5.41, 5.74) is 10.8. The number of hydrogen-bond donors (Lipinski definition) is 2. The Kier molecular flexibility index (Phi) is 4.03. The van der Waals surface area contributed by atoms with Gasteiger partial charge in [0.1, 0.15) is 0 Å². The number of carbonyl (C=O) groups excluding carboxylic acids is 2. The summed E-state index contributed by atoms with van der Waals surface area (Å²) in [4.78, 5) is 23.9. The molecule has 0 aromatic carbocycles. The van der Waals surface area contributed by atoms with E-state index in [4.69, 9.17) is 11.5 Å². The SMILES string of the molecule is NCCCCCN1C(=O)C[C@@H](N)C1=O. The van der Waals surface area contributed by atoms with Crippen LogP contribution >= 0.6 is 0 Å². The second kappa shape index (κ2) is 5.07. The molecule has 1 fully saturated rings. The molecule has 0 bridgehead atoms. The zero-order chi connectivity index (χ0) is 10.6. The van der Waals surface area contributed by atoms with Gasteiger partial charge in [-0.2, -0.15) is 0 Å². The van der Waals surface area contributed by atoms with Gasteiger partial charge in [-0.3, -0.25) is 14.5 Å². The van der Waals surface area contributed by atoms with E-state index in [-0.39, 0.29) is 18.2 Å². The molecule has 1 heterocycles. The average Bonchev–Trinajstić information content (AvgIpc) is 2.38. The van der Waals surface area contributed by atoms with Crippen molar-refractivity contribution in [1.82, 2.24) is 4.90 Å². The minimum atomic E-state index is -0.614. The number of imide groups is 1. The minimum absolute atomic E-state index is 0.143. The maximum Gasteiger partial charge on any atom is 0.246 e. The van der Waals surface area contributed by atoms with Crippen molar-refractivity contribution >= 4 is 11.8 Å². The third kappa shape index (κ3) is 2.52. The Morgan fingerprint density at radius 3 is 2.50 bits per heavy atom. The highest BCUT2D eigenvalue weighted by molar-refractivity contribution is 6.05. The van der Waals surface area contributed by atoms with Crippen LogP contribution < -0.4 is 11.5 Å². The van der Waals surface area contributed by atoms with E-state index in [0.717, 1.165) is 19.3 Å². The number of hydrogen-bond acceptors (Lipinski definition) is 4. The molecule has 1 saturated heterocycles. The fourth-order valence-electron chi connectivity index (χ4n) is 1.53. The third-order valence-corrected chi connectivity index (χ3v) is 2.36. The Hall–Kier alpha value is -0.940. The predicted octanol–water partition coefficient (Wildman–Crippen LogP) is -0.798. The van der Waals surface area contributed by atoms with Gasteiger partial charge >= 0.3 is 0 Å². The van der Waals surface area contributed by atoms with Crippen molar-refractivity contribution in [3.63, 3.8) is 0 Å². The number of unbranched alkanes of at least 4 members (excludes halogenated alkanes) is 2. The summed E-state index contributed by atoms with van der Waals surface area (Å²) in [5, 5.41) is 0. The molecule has 2 amide bonds. The molecule has 1 rings (SSSR count). The molecule has 0 spiro atoms. The second-order valence-corrected chi connectivity index (χ2v) is 3.54.